The minimum atomic E-state index is 0. The van der Waals surface area contributed by atoms with Crippen LogP contribution in [0.4, 0.5) is 0 Å². The van der Waals surface area contributed by atoms with Crippen LogP contribution < -0.4 is 10.6 Å². The molecule has 5 heteroatoms. The van der Waals surface area contributed by atoms with Crippen LogP contribution >= 0.6 is 24.0 Å². The number of nitrogens with one attached hydrogen (secondary N) is 2. The third-order valence-electron chi connectivity index (χ3n) is 2.88. The molecule has 21 heavy (non-hydrogen) atoms. The SMILES string of the molecule is C=CCNC(=NCc1cccc2cccnc12)NCC.I. The molecule has 4 nitrogen and oxygen atoms in total. The first-order chi connectivity index (χ1) is 9.85. The first-order valence-electron chi connectivity index (χ1n) is 6.81. The zero-order chi connectivity index (χ0) is 14.2. The van der Waals surface area contributed by atoms with Crippen LogP contribution in [0.15, 0.2) is 54.2 Å². The Balaban J connectivity index is 0.00000220. The van der Waals surface area contributed by atoms with Gasteiger partial charge in [-0.3, -0.25) is 4.98 Å². The highest BCUT2D eigenvalue weighted by molar-refractivity contribution is 14.0. The van der Waals surface area contributed by atoms with E-state index in [1.54, 1.807) is 0 Å². The number of rotatable bonds is 5. The van der Waals surface area contributed by atoms with E-state index in [0.717, 1.165) is 29.0 Å². The molecule has 0 aliphatic heterocycles. The molecule has 0 aliphatic rings. The molecule has 0 spiro atoms. The van der Waals surface area contributed by atoms with Gasteiger partial charge in [0.2, 0.25) is 0 Å². The Morgan fingerprint density at radius 3 is 2.86 bits per heavy atom. The van der Waals surface area contributed by atoms with E-state index in [-0.39, 0.29) is 24.0 Å². The van der Waals surface area contributed by atoms with Crippen LogP contribution in [0.3, 0.4) is 0 Å². The van der Waals surface area contributed by atoms with E-state index < -0.39 is 0 Å². The van der Waals surface area contributed by atoms with Crippen LogP contribution in [-0.4, -0.2) is 24.0 Å². The molecule has 0 amide bonds. The summed E-state index contributed by atoms with van der Waals surface area (Å²) in [5.41, 5.74) is 2.14. The molecule has 2 aromatic rings. The first-order valence-corrected chi connectivity index (χ1v) is 6.81. The second-order valence-corrected chi connectivity index (χ2v) is 4.36. The van der Waals surface area contributed by atoms with E-state index in [0.29, 0.717) is 13.1 Å². The second-order valence-electron chi connectivity index (χ2n) is 4.36. The van der Waals surface area contributed by atoms with Crippen LogP contribution in [0.25, 0.3) is 10.9 Å². The van der Waals surface area contributed by atoms with Crippen LogP contribution in [0.2, 0.25) is 0 Å². The van der Waals surface area contributed by atoms with Crippen LogP contribution in [0.5, 0.6) is 0 Å². The largest absolute Gasteiger partial charge is 0.357 e. The highest BCUT2D eigenvalue weighted by Crippen LogP contribution is 2.16. The monoisotopic (exact) mass is 396 g/mol. The number of guanidine groups is 1. The fraction of sp³-hybridized carbons (Fsp3) is 0.250. The highest BCUT2D eigenvalue weighted by atomic mass is 127. The molecule has 1 aromatic heterocycles. The summed E-state index contributed by atoms with van der Waals surface area (Å²) >= 11 is 0. The standard InChI is InChI=1S/C16H20N4.HI/c1-3-10-19-16(17-4-2)20-12-14-8-5-7-13-9-6-11-18-15(13)14;/h3,5-9,11H,1,4,10,12H2,2H3,(H2,17,19,20);1H. The van der Waals surface area contributed by atoms with Gasteiger partial charge in [0.25, 0.3) is 0 Å². The first kappa shape index (κ1) is 17.4. The average Bonchev–Trinajstić information content (AvgIpc) is 2.50. The van der Waals surface area contributed by atoms with E-state index in [1.165, 1.54) is 0 Å². The smallest absolute Gasteiger partial charge is 0.191 e. The van der Waals surface area contributed by atoms with Gasteiger partial charge in [0.15, 0.2) is 5.96 Å². The molecule has 1 aromatic carbocycles. The van der Waals surface area contributed by atoms with Crippen molar-refractivity contribution in [3.8, 4) is 0 Å². The molecule has 0 radical (unpaired) electrons. The lowest BCUT2D eigenvalue weighted by atomic mass is 10.1. The molecule has 0 bridgehead atoms. The number of para-hydroxylation sites is 1. The zero-order valence-electron chi connectivity index (χ0n) is 12.2. The van der Waals surface area contributed by atoms with E-state index in [4.69, 9.17) is 0 Å². The molecule has 112 valence electrons. The molecular formula is C16H21IN4. The predicted molar refractivity (Wildman–Crippen MR) is 100 cm³/mol. The van der Waals surface area contributed by atoms with Crippen molar-refractivity contribution in [3.05, 3.63) is 54.7 Å². The summed E-state index contributed by atoms with van der Waals surface area (Å²) in [5.74, 6) is 0.792. The lowest BCUT2D eigenvalue weighted by Crippen LogP contribution is -2.37. The molecule has 0 aliphatic carbocycles. The highest BCUT2D eigenvalue weighted by Gasteiger charge is 2.01. The van der Waals surface area contributed by atoms with Gasteiger partial charge in [0.05, 0.1) is 12.1 Å². The van der Waals surface area contributed by atoms with E-state index in [1.807, 2.05) is 31.3 Å². The summed E-state index contributed by atoms with van der Waals surface area (Å²) in [6, 6.07) is 10.2. The summed E-state index contributed by atoms with van der Waals surface area (Å²) in [5, 5.41) is 7.54. The van der Waals surface area contributed by atoms with E-state index >= 15 is 0 Å². The number of aromatic nitrogens is 1. The Kier molecular flexibility index (Phi) is 7.74. The van der Waals surface area contributed by atoms with Gasteiger partial charge in [-0.05, 0) is 18.6 Å². The Morgan fingerprint density at radius 1 is 1.29 bits per heavy atom. The normalized spacial score (nSPS) is 10.8. The van der Waals surface area contributed by atoms with Crippen molar-refractivity contribution >= 4 is 40.8 Å². The quantitative estimate of drug-likeness (QED) is 0.354. The Morgan fingerprint density at radius 2 is 2.10 bits per heavy atom. The van der Waals surface area contributed by atoms with Gasteiger partial charge in [0, 0.05) is 24.7 Å². The van der Waals surface area contributed by atoms with Gasteiger partial charge in [-0.2, -0.15) is 0 Å². The molecule has 0 atom stereocenters. The lowest BCUT2D eigenvalue weighted by molar-refractivity contribution is 0.861. The fourth-order valence-corrected chi connectivity index (χ4v) is 1.97. The summed E-state index contributed by atoms with van der Waals surface area (Å²) in [6.45, 7) is 7.87. The van der Waals surface area contributed by atoms with Crippen LogP contribution in [0, 0.1) is 0 Å². The zero-order valence-corrected chi connectivity index (χ0v) is 14.5. The van der Waals surface area contributed by atoms with Crippen molar-refractivity contribution in [1.82, 2.24) is 15.6 Å². The molecule has 0 saturated heterocycles. The molecule has 0 unspecified atom stereocenters. The molecule has 1 heterocycles. The maximum Gasteiger partial charge on any atom is 0.191 e. The topological polar surface area (TPSA) is 49.3 Å². The number of benzene rings is 1. The van der Waals surface area contributed by atoms with Crippen molar-refractivity contribution < 1.29 is 0 Å². The maximum absolute atomic E-state index is 4.58. The number of hydrogen-bond donors (Lipinski definition) is 2. The third-order valence-corrected chi connectivity index (χ3v) is 2.88. The number of pyridine rings is 1. The second kappa shape index (κ2) is 9.33. The van der Waals surface area contributed by atoms with Gasteiger partial charge in [-0.15, -0.1) is 30.6 Å². The number of nitrogens with zero attached hydrogens (tertiary/aromatic N) is 2. The minimum absolute atomic E-state index is 0. The Labute approximate surface area is 142 Å². The molecule has 0 saturated carbocycles. The van der Waals surface area contributed by atoms with Crippen LogP contribution in [-0.2, 0) is 6.54 Å². The third kappa shape index (κ3) is 5.00. The van der Waals surface area contributed by atoms with Crippen molar-refractivity contribution in [2.75, 3.05) is 13.1 Å². The number of halogens is 1. The van der Waals surface area contributed by atoms with Gasteiger partial charge >= 0.3 is 0 Å². The maximum atomic E-state index is 4.58. The summed E-state index contributed by atoms with van der Waals surface area (Å²) < 4.78 is 0. The van der Waals surface area contributed by atoms with Crippen molar-refractivity contribution in [2.24, 2.45) is 4.99 Å². The average molecular weight is 396 g/mol. The predicted octanol–water partition coefficient (Wildman–Crippen LogP) is 3.09. The van der Waals surface area contributed by atoms with Gasteiger partial charge < -0.3 is 10.6 Å². The summed E-state index contributed by atoms with van der Waals surface area (Å²) in [6.07, 6.45) is 3.63. The molecule has 2 N–H and O–H groups in total. The minimum Gasteiger partial charge on any atom is -0.357 e. The lowest BCUT2D eigenvalue weighted by Gasteiger charge is -2.10. The van der Waals surface area contributed by atoms with Crippen molar-refractivity contribution in [1.29, 1.82) is 0 Å². The van der Waals surface area contributed by atoms with Gasteiger partial charge in [-0.25, -0.2) is 4.99 Å². The van der Waals surface area contributed by atoms with Gasteiger partial charge in [-0.1, -0.05) is 30.3 Å². The number of hydrogen-bond acceptors (Lipinski definition) is 2. The van der Waals surface area contributed by atoms with E-state index in [2.05, 4.69) is 45.4 Å². The molecular weight excluding hydrogens is 375 g/mol. The Hall–Kier alpha value is -1.63. The Bertz CT molecular complexity index is 605. The molecule has 0 fully saturated rings. The van der Waals surface area contributed by atoms with Crippen LogP contribution in [0.1, 0.15) is 12.5 Å². The summed E-state index contributed by atoms with van der Waals surface area (Å²) in [4.78, 5) is 9.02. The summed E-state index contributed by atoms with van der Waals surface area (Å²) in [7, 11) is 0. The number of aliphatic imine (C=N–C) groups is 1. The fourth-order valence-electron chi connectivity index (χ4n) is 1.97. The number of fused-ring (bicyclic) bond motifs is 1. The molecule has 2 rings (SSSR count). The van der Waals surface area contributed by atoms with E-state index in [9.17, 15) is 0 Å². The van der Waals surface area contributed by atoms with Gasteiger partial charge in [0.1, 0.15) is 0 Å². The van der Waals surface area contributed by atoms with Crippen molar-refractivity contribution in [3.63, 3.8) is 0 Å². The van der Waals surface area contributed by atoms with Crippen molar-refractivity contribution in [2.45, 2.75) is 13.5 Å².